The summed E-state index contributed by atoms with van der Waals surface area (Å²) in [7, 11) is 1.50. The molecule has 1 N–H and O–H groups in total. The highest BCUT2D eigenvalue weighted by Crippen LogP contribution is 2.21. The zero-order chi connectivity index (χ0) is 11.5. The molecular formula is C10H11IN2O3. The molecule has 1 saturated heterocycles. The molecule has 1 fully saturated rings. The lowest BCUT2D eigenvalue weighted by Gasteiger charge is -2.27. The summed E-state index contributed by atoms with van der Waals surface area (Å²) in [6.45, 7) is 1.15. The number of amides is 1. The SMILES string of the molecule is COc1nccc(I)c1C(=O)NC1COC1. The molecule has 5 nitrogen and oxygen atoms in total. The number of carbonyl (C=O) groups excluding carboxylic acids is 1. The van der Waals surface area contributed by atoms with Crippen molar-refractivity contribution in [1.82, 2.24) is 10.3 Å². The maximum Gasteiger partial charge on any atom is 0.258 e. The first-order valence-corrected chi connectivity index (χ1v) is 5.87. The van der Waals surface area contributed by atoms with Crippen LogP contribution in [-0.2, 0) is 4.74 Å². The molecule has 1 aromatic rings. The predicted molar refractivity (Wildman–Crippen MR) is 65.6 cm³/mol. The number of methoxy groups -OCH3 is 1. The second-order valence-electron chi connectivity index (χ2n) is 3.38. The van der Waals surface area contributed by atoms with Crippen molar-refractivity contribution in [2.75, 3.05) is 20.3 Å². The van der Waals surface area contributed by atoms with E-state index in [1.54, 1.807) is 12.3 Å². The molecule has 0 aromatic carbocycles. The van der Waals surface area contributed by atoms with E-state index in [-0.39, 0.29) is 11.9 Å². The van der Waals surface area contributed by atoms with Gasteiger partial charge in [0.05, 0.1) is 26.4 Å². The van der Waals surface area contributed by atoms with E-state index in [9.17, 15) is 4.79 Å². The van der Waals surface area contributed by atoms with E-state index in [2.05, 4.69) is 32.9 Å². The van der Waals surface area contributed by atoms with Gasteiger partial charge >= 0.3 is 0 Å². The molecule has 0 saturated carbocycles. The van der Waals surface area contributed by atoms with E-state index in [0.717, 1.165) is 3.57 Å². The third kappa shape index (κ3) is 2.27. The van der Waals surface area contributed by atoms with Gasteiger partial charge in [-0.1, -0.05) is 0 Å². The highest BCUT2D eigenvalue weighted by Gasteiger charge is 2.24. The van der Waals surface area contributed by atoms with Crippen LogP contribution in [0.15, 0.2) is 12.3 Å². The Hall–Kier alpha value is -0.890. The molecular weight excluding hydrogens is 323 g/mol. The Bertz CT molecular complexity index is 407. The largest absolute Gasteiger partial charge is 0.480 e. The standard InChI is InChI=1S/C10H11IN2O3/c1-15-10-8(7(11)2-3-12-10)9(14)13-6-4-16-5-6/h2-3,6H,4-5H2,1H3,(H,13,14). The molecule has 0 aliphatic carbocycles. The van der Waals surface area contributed by atoms with Crippen molar-refractivity contribution in [2.24, 2.45) is 0 Å². The van der Waals surface area contributed by atoms with Crippen LogP contribution in [0.25, 0.3) is 0 Å². The molecule has 2 heterocycles. The van der Waals surface area contributed by atoms with Crippen molar-refractivity contribution < 1.29 is 14.3 Å². The third-order valence-electron chi connectivity index (χ3n) is 2.26. The smallest absolute Gasteiger partial charge is 0.258 e. The number of ether oxygens (including phenoxy) is 2. The van der Waals surface area contributed by atoms with Gasteiger partial charge in [0.1, 0.15) is 5.56 Å². The van der Waals surface area contributed by atoms with Crippen LogP contribution in [0.3, 0.4) is 0 Å². The number of aromatic nitrogens is 1. The summed E-state index contributed by atoms with van der Waals surface area (Å²) >= 11 is 2.09. The van der Waals surface area contributed by atoms with Gasteiger partial charge < -0.3 is 14.8 Å². The lowest BCUT2D eigenvalue weighted by Crippen LogP contribution is -2.48. The summed E-state index contributed by atoms with van der Waals surface area (Å²) < 4.78 is 10.9. The van der Waals surface area contributed by atoms with Crippen LogP contribution in [0.2, 0.25) is 0 Å². The minimum absolute atomic E-state index is 0.105. The predicted octanol–water partition coefficient (Wildman–Crippen LogP) is 0.823. The maximum absolute atomic E-state index is 12.0. The topological polar surface area (TPSA) is 60.5 Å². The summed E-state index contributed by atoms with van der Waals surface area (Å²) in [6.07, 6.45) is 1.61. The van der Waals surface area contributed by atoms with Crippen LogP contribution in [0.4, 0.5) is 0 Å². The quantitative estimate of drug-likeness (QED) is 0.832. The molecule has 0 spiro atoms. The number of hydrogen-bond acceptors (Lipinski definition) is 4. The third-order valence-corrected chi connectivity index (χ3v) is 3.16. The summed E-state index contributed by atoms with van der Waals surface area (Å²) in [4.78, 5) is 16.0. The molecule has 0 atom stereocenters. The van der Waals surface area contributed by atoms with Crippen LogP contribution in [0.5, 0.6) is 5.88 Å². The number of carbonyl (C=O) groups is 1. The van der Waals surface area contributed by atoms with Gasteiger partial charge in [0, 0.05) is 9.77 Å². The average Bonchev–Trinajstić information content (AvgIpc) is 2.22. The van der Waals surface area contributed by atoms with Crippen LogP contribution < -0.4 is 10.1 Å². The monoisotopic (exact) mass is 334 g/mol. The van der Waals surface area contributed by atoms with Gasteiger partial charge in [-0.05, 0) is 28.7 Å². The number of hydrogen-bond donors (Lipinski definition) is 1. The van der Waals surface area contributed by atoms with Crippen molar-refractivity contribution in [3.8, 4) is 5.88 Å². The molecule has 1 aliphatic rings. The van der Waals surface area contributed by atoms with Crippen molar-refractivity contribution >= 4 is 28.5 Å². The van der Waals surface area contributed by atoms with E-state index in [1.165, 1.54) is 7.11 Å². The molecule has 1 aliphatic heterocycles. The van der Waals surface area contributed by atoms with Gasteiger partial charge in [-0.25, -0.2) is 4.98 Å². The first kappa shape index (κ1) is 11.6. The minimum atomic E-state index is -0.164. The van der Waals surface area contributed by atoms with E-state index in [4.69, 9.17) is 9.47 Å². The van der Waals surface area contributed by atoms with Gasteiger partial charge in [0.2, 0.25) is 5.88 Å². The molecule has 16 heavy (non-hydrogen) atoms. The Labute approximate surface area is 107 Å². The molecule has 0 bridgehead atoms. The first-order valence-electron chi connectivity index (χ1n) is 4.79. The summed E-state index contributed by atoms with van der Waals surface area (Å²) in [5.74, 6) is 0.187. The molecule has 86 valence electrons. The second kappa shape index (κ2) is 4.96. The van der Waals surface area contributed by atoms with E-state index in [0.29, 0.717) is 24.7 Å². The number of halogens is 1. The van der Waals surface area contributed by atoms with E-state index in [1.807, 2.05) is 0 Å². The fourth-order valence-corrected chi connectivity index (χ4v) is 1.99. The highest BCUT2D eigenvalue weighted by molar-refractivity contribution is 14.1. The van der Waals surface area contributed by atoms with Crippen molar-refractivity contribution in [2.45, 2.75) is 6.04 Å². The van der Waals surface area contributed by atoms with Crippen molar-refractivity contribution in [1.29, 1.82) is 0 Å². The molecule has 0 radical (unpaired) electrons. The van der Waals surface area contributed by atoms with Gasteiger partial charge in [-0.2, -0.15) is 0 Å². The fourth-order valence-electron chi connectivity index (χ4n) is 1.36. The fraction of sp³-hybridized carbons (Fsp3) is 0.400. The summed E-state index contributed by atoms with van der Waals surface area (Å²) in [6, 6.07) is 1.88. The van der Waals surface area contributed by atoms with Crippen molar-refractivity contribution in [3.63, 3.8) is 0 Å². The van der Waals surface area contributed by atoms with Crippen LogP contribution in [0.1, 0.15) is 10.4 Å². The highest BCUT2D eigenvalue weighted by atomic mass is 127. The van der Waals surface area contributed by atoms with E-state index >= 15 is 0 Å². The molecule has 0 unspecified atom stereocenters. The average molecular weight is 334 g/mol. The summed E-state index contributed by atoms with van der Waals surface area (Å²) in [5, 5.41) is 2.86. The first-order chi connectivity index (χ1) is 7.72. The van der Waals surface area contributed by atoms with Gasteiger partial charge in [-0.3, -0.25) is 4.79 Å². The Kier molecular flexibility index (Phi) is 3.59. The van der Waals surface area contributed by atoms with E-state index < -0.39 is 0 Å². The lowest BCUT2D eigenvalue weighted by atomic mass is 10.2. The normalized spacial score (nSPS) is 15.4. The maximum atomic E-state index is 12.0. The lowest BCUT2D eigenvalue weighted by molar-refractivity contribution is -0.00353. The zero-order valence-corrected chi connectivity index (χ0v) is 10.9. The zero-order valence-electron chi connectivity index (χ0n) is 8.70. The van der Waals surface area contributed by atoms with Gasteiger partial charge in [-0.15, -0.1) is 0 Å². The number of nitrogens with one attached hydrogen (secondary N) is 1. The molecule has 6 heteroatoms. The Morgan fingerprint density at radius 3 is 3.00 bits per heavy atom. The Morgan fingerprint density at radius 2 is 2.44 bits per heavy atom. The summed E-state index contributed by atoms with van der Waals surface area (Å²) in [5.41, 5.74) is 0.484. The Morgan fingerprint density at radius 1 is 1.69 bits per heavy atom. The van der Waals surface area contributed by atoms with Crippen LogP contribution in [-0.4, -0.2) is 37.3 Å². The van der Waals surface area contributed by atoms with Crippen LogP contribution in [0, 0.1) is 3.57 Å². The van der Waals surface area contributed by atoms with Crippen molar-refractivity contribution in [3.05, 3.63) is 21.4 Å². The molecule has 1 aromatic heterocycles. The number of pyridine rings is 1. The van der Waals surface area contributed by atoms with Gasteiger partial charge in [0.15, 0.2) is 0 Å². The number of nitrogens with zero attached hydrogens (tertiary/aromatic N) is 1. The number of rotatable bonds is 3. The van der Waals surface area contributed by atoms with Gasteiger partial charge in [0.25, 0.3) is 5.91 Å². The molecule has 1 amide bonds. The molecule has 2 rings (SSSR count). The second-order valence-corrected chi connectivity index (χ2v) is 4.55. The van der Waals surface area contributed by atoms with Crippen LogP contribution >= 0.6 is 22.6 Å². The Balaban J connectivity index is 2.20. The minimum Gasteiger partial charge on any atom is -0.480 e.